The van der Waals surface area contributed by atoms with E-state index >= 15 is 0 Å². The molecule has 4 heteroatoms. The number of hydrogen-bond donors (Lipinski definition) is 0. The van der Waals surface area contributed by atoms with Crippen LogP contribution in [0.25, 0.3) is 11.5 Å². The van der Waals surface area contributed by atoms with E-state index in [1.165, 1.54) is 6.42 Å². The lowest BCUT2D eigenvalue weighted by molar-refractivity contribution is 0.133. The molecule has 1 aliphatic rings. The molecule has 2 heterocycles. The van der Waals surface area contributed by atoms with Crippen LogP contribution in [0.5, 0.6) is 0 Å². The fourth-order valence-corrected chi connectivity index (χ4v) is 3.50. The molecule has 1 aromatic carbocycles. The minimum Gasteiger partial charge on any atom is -0.444 e. The number of likely N-dealkylation sites (tertiary alicyclic amines) is 1. The summed E-state index contributed by atoms with van der Waals surface area (Å²) in [5.74, 6) is 2.11. The van der Waals surface area contributed by atoms with E-state index in [0.717, 1.165) is 42.7 Å². The second kappa shape index (κ2) is 6.20. The molecule has 2 unspecified atom stereocenters. The minimum atomic E-state index is 0.605. The van der Waals surface area contributed by atoms with Gasteiger partial charge >= 0.3 is 0 Å². The second-order valence-electron chi connectivity index (χ2n) is 6.26. The second-order valence-corrected chi connectivity index (χ2v) is 6.67. The Hall–Kier alpha value is -1.32. The van der Waals surface area contributed by atoms with Crippen molar-refractivity contribution in [1.29, 1.82) is 0 Å². The van der Waals surface area contributed by atoms with Crippen molar-refractivity contribution in [1.82, 2.24) is 9.88 Å². The Labute approximate surface area is 130 Å². The Morgan fingerprint density at radius 1 is 1.24 bits per heavy atom. The highest BCUT2D eigenvalue weighted by atomic mass is 35.5. The average molecular weight is 305 g/mol. The fraction of sp³-hybridized carbons (Fsp3) is 0.471. The zero-order chi connectivity index (χ0) is 14.8. The van der Waals surface area contributed by atoms with Gasteiger partial charge in [0.15, 0.2) is 0 Å². The van der Waals surface area contributed by atoms with Crippen molar-refractivity contribution in [3.8, 4) is 11.5 Å². The normalized spacial score (nSPS) is 23.4. The molecule has 3 nitrogen and oxygen atoms in total. The lowest BCUT2D eigenvalue weighted by Crippen LogP contribution is -2.38. The van der Waals surface area contributed by atoms with Crippen LogP contribution >= 0.6 is 11.6 Å². The Morgan fingerprint density at radius 2 is 1.95 bits per heavy atom. The molecule has 0 saturated carbocycles. The molecule has 0 N–H and O–H groups in total. The molecule has 0 bridgehead atoms. The maximum atomic E-state index is 6.19. The molecule has 21 heavy (non-hydrogen) atoms. The van der Waals surface area contributed by atoms with E-state index in [-0.39, 0.29) is 0 Å². The molecular weight excluding hydrogens is 284 g/mol. The third kappa shape index (κ3) is 3.47. The maximum absolute atomic E-state index is 6.19. The van der Waals surface area contributed by atoms with Gasteiger partial charge < -0.3 is 4.42 Å². The topological polar surface area (TPSA) is 29.3 Å². The SMILES string of the molecule is CC1CC(C)CN(Cc2coc(-c3ccccc3Cl)n2)C1. The summed E-state index contributed by atoms with van der Waals surface area (Å²) < 4.78 is 5.60. The summed E-state index contributed by atoms with van der Waals surface area (Å²) in [7, 11) is 0. The van der Waals surface area contributed by atoms with E-state index in [1.807, 2.05) is 24.3 Å². The first kappa shape index (κ1) is 14.6. The number of oxazole rings is 1. The first-order valence-corrected chi connectivity index (χ1v) is 7.91. The molecule has 1 aromatic heterocycles. The molecule has 0 aliphatic carbocycles. The molecule has 0 amide bonds. The highest BCUT2D eigenvalue weighted by Gasteiger charge is 2.22. The molecule has 0 spiro atoms. The number of hydrogen-bond acceptors (Lipinski definition) is 3. The first-order chi connectivity index (χ1) is 10.1. The summed E-state index contributed by atoms with van der Waals surface area (Å²) in [4.78, 5) is 7.06. The van der Waals surface area contributed by atoms with Crippen LogP contribution in [0.2, 0.25) is 5.02 Å². The zero-order valence-electron chi connectivity index (χ0n) is 12.6. The summed E-state index contributed by atoms with van der Waals surface area (Å²) in [6.07, 6.45) is 3.07. The van der Waals surface area contributed by atoms with Crippen molar-refractivity contribution in [3.05, 3.63) is 41.2 Å². The molecule has 1 fully saturated rings. The van der Waals surface area contributed by atoms with Gasteiger partial charge in [-0.15, -0.1) is 0 Å². The van der Waals surface area contributed by atoms with Gasteiger partial charge in [-0.3, -0.25) is 4.90 Å². The van der Waals surface area contributed by atoms with E-state index in [4.69, 9.17) is 16.0 Å². The highest BCUT2D eigenvalue weighted by Crippen LogP contribution is 2.28. The standard InChI is InChI=1S/C17H21ClN2O/c1-12-7-13(2)9-20(8-12)10-14-11-21-17(19-14)15-5-3-4-6-16(15)18/h3-6,11-13H,7-10H2,1-2H3. The van der Waals surface area contributed by atoms with Gasteiger partial charge in [-0.1, -0.05) is 37.6 Å². The van der Waals surface area contributed by atoms with Crippen LogP contribution in [0.3, 0.4) is 0 Å². The third-order valence-corrected chi connectivity index (χ3v) is 4.32. The van der Waals surface area contributed by atoms with E-state index in [9.17, 15) is 0 Å². The molecular formula is C17H21ClN2O. The Kier molecular flexibility index (Phi) is 4.32. The minimum absolute atomic E-state index is 0.605. The molecule has 1 aliphatic heterocycles. The monoisotopic (exact) mass is 304 g/mol. The van der Waals surface area contributed by atoms with Gasteiger partial charge in [-0.2, -0.15) is 0 Å². The van der Waals surface area contributed by atoms with Gasteiger partial charge in [0.1, 0.15) is 6.26 Å². The predicted molar refractivity (Wildman–Crippen MR) is 85.2 cm³/mol. The summed E-state index contributed by atoms with van der Waals surface area (Å²) in [6, 6.07) is 7.64. The van der Waals surface area contributed by atoms with Crippen LogP contribution in [0.15, 0.2) is 34.9 Å². The molecule has 2 aromatic rings. The summed E-state index contributed by atoms with van der Waals surface area (Å²) in [6.45, 7) is 7.77. The summed E-state index contributed by atoms with van der Waals surface area (Å²) >= 11 is 6.19. The van der Waals surface area contributed by atoms with Gasteiger partial charge in [0.2, 0.25) is 5.89 Å². The maximum Gasteiger partial charge on any atom is 0.227 e. The Morgan fingerprint density at radius 3 is 2.67 bits per heavy atom. The average Bonchev–Trinajstić information content (AvgIpc) is 2.86. The summed E-state index contributed by atoms with van der Waals surface area (Å²) in [5, 5.41) is 0.672. The summed E-state index contributed by atoms with van der Waals surface area (Å²) in [5.41, 5.74) is 1.83. The van der Waals surface area contributed by atoms with Crippen LogP contribution in [0.1, 0.15) is 26.0 Å². The number of nitrogens with zero attached hydrogens (tertiary/aromatic N) is 2. The van der Waals surface area contributed by atoms with Crippen molar-refractivity contribution in [2.75, 3.05) is 13.1 Å². The van der Waals surface area contributed by atoms with Gasteiger partial charge in [-0.05, 0) is 30.4 Å². The van der Waals surface area contributed by atoms with Gasteiger partial charge in [0, 0.05) is 19.6 Å². The largest absolute Gasteiger partial charge is 0.444 e. The molecule has 2 atom stereocenters. The van der Waals surface area contributed by atoms with Gasteiger partial charge in [0.25, 0.3) is 0 Å². The van der Waals surface area contributed by atoms with Crippen molar-refractivity contribution in [3.63, 3.8) is 0 Å². The van der Waals surface area contributed by atoms with Crippen molar-refractivity contribution < 1.29 is 4.42 Å². The van der Waals surface area contributed by atoms with Crippen molar-refractivity contribution >= 4 is 11.6 Å². The van der Waals surface area contributed by atoms with E-state index in [1.54, 1.807) is 6.26 Å². The third-order valence-electron chi connectivity index (χ3n) is 3.99. The highest BCUT2D eigenvalue weighted by molar-refractivity contribution is 6.33. The fourth-order valence-electron chi connectivity index (χ4n) is 3.29. The van der Waals surface area contributed by atoms with Crippen LogP contribution in [0.4, 0.5) is 0 Å². The van der Waals surface area contributed by atoms with Crippen LogP contribution in [-0.2, 0) is 6.54 Å². The number of piperidine rings is 1. The number of benzene rings is 1. The number of halogens is 1. The Balaban J connectivity index is 1.72. The van der Waals surface area contributed by atoms with Gasteiger partial charge in [-0.25, -0.2) is 4.98 Å². The van der Waals surface area contributed by atoms with Gasteiger partial charge in [0.05, 0.1) is 16.3 Å². The lowest BCUT2D eigenvalue weighted by atomic mass is 9.92. The van der Waals surface area contributed by atoms with E-state index in [2.05, 4.69) is 23.7 Å². The predicted octanol–water partition coefficient (Wildman–Crippen LogP) is 4.47. The van der Waals surface area contributed by atoms with E-state index in [0.29, 0.717) is 10.9 Å². The van der Waals surface area contributed by atoms with Crippen LogP contribution in [0, 0.1) is 11.8 Å². The molecule has 0 radical (unpaired) electrons. The molecule has 3 rings (SSSR count). The number of rotatable bonds is 3. The zero-order valence-corrected chi connectivity index (χ0v) is 13.3. The Bertz CT molecular complexity index is 600. The van der Waals surface area contributed by atoms with Crippen LogP contribution in [-0.4, -0.2) is 23.0 Å². The van der Waals surface area contributed by atoms with Crippen molar-refractivity contribution in [2.45, 2.75) is 26.8 Å². The quantitative estimate of drug-likeness (QED) is 0.837. The molecule has 1 saturated heterocycles. The molecule has 112 valence electrons. The number of aromatic nitrogens is 1. The first-order valence-electron chi connectivity index (χ1n) is 7.53. The van der Waals surface area contributed by atoms with Crippen LogP contribution < -0.4 is 0 Å². The smallest absolute Gasteiger partial charge is 0.227 e. The lowest BCUT2D eigenvalue weighted by Gasteiger charge is -2.34. The van der Waals surface area contributed by atoms with E-state index < -0.39 is 0 Å². The van der Waals surface area contributed by atoms with Crippen molar-refractivity contribution in [2.24, 2.45) is 11.8 Å².